The van der Waals surface area contributed by atoms with Gasteiger partial charge in [0, 0.05) is 42.5 Å². The molecule has 2 aromatic rings. The fraction of sp³-hybridized carbons (Fsp3) is 0.526. The number of piperidine rings is 1. The molecule has 5 heteroatoms. The second-order valence-corrected chi connectivity index (χ2v) is 7.18. The Morgan fingerprint density at radius 1 is 1.25 bits per heavy atom. The van der Waals surface area contributed by atoms with Crippen molar-refractivity contribution in [2.75, 3.05) is 0 Å². The third kappa shape index (κ3) is 2.66. The zero-order valence-electron chi connectivity index (χ0n) is 14.0. The van der Waals surface area contributed by atoms with Gasteiger partial charge in [-0.15, -0.1) is 0 Å². The molecule has 4 nitrogen and oxygen atoms in total. The van der Waals surface area contributed by atoms with Crippen LogP contribution in [0.1, 0.15) is 43.7 Å². The van der Waals surface area contributed by atoms with Crippen LogP contribution in [-0.4, -0.2) is 31.9 Å². The number of hydrogen-bond acceptors (Lipinski definition) is 3. The fourth-order valence-corrected chi connectivity index (χ4v) is 4.50. The first kappa shape index (κ1) is 15.8. The Morgan fingerprint density at radius 2 is 1.96 bits per heavy atom. The van der Waals surface area contributed by atoms with E-state index in [4.69, 9.17) is 0 Å². The second-order valence-electron chi connectivity index (χ2n) is 7.18. The Kier molecular flexibility index (Phi) is 3.93. The summed E-state index contributed by atoms with van der Waals surface area (Å²) < 4.78 is 16.1. The normalized spacial score (nSPS) is 30.0. The maximum Gasteiger partial charge on any atom is 0.129 e. The van der Waals surface area contributed by atoms with Crippen LogP contribution in [0.15, 0.2) is 36.7 Å². The summed E-state index contributed by atoms with van der Waals surface area (Å²) in [6.45, 7) is 3.82. The summed E-state index contributed by atoms with van der Waals surface area (Å²) in [7, 11) is 0. The van der Waals surface area contributed by atoms with Crippen LogP contribution in [-0.2, 0) is 18.7 Å². The number of nitrogens with zero attached hydrogens (tertiary/aromatic N) is 3. The lowest BCUT2D eigenvalue weighted by molar-refractivity contribution is -0.0615. The Balaban J connectivity index is 1.54. The van der Waals surface area contributed by atoms with Crippen LogP contribution in [0.25, 0.3) is 0 Å². The van der Waals surface area contributed by atoms with Gasteiger partial charge in [-0.2, -0.15) is 5.10 Å². The molecular weight excluding hydrogens is 305 g/mol. The Labute approximate surface area is 141 Å². The van der Waals surface area contributed by atoms with Crippen molar-refractivity contribution in [2.45, 2.75) is 63.4 Å². The summed E-state index contributed by atoms with van der Waals surface area (Å²) in [5.74, 6) is -0.294. The Morgan fingerprint density at radius 3 is 2.58 bits per heavy atom. The van der Waals surface area contributed by atoms with E-state index in [9.17, 15) is 9.50 Å². The third-order valence-corrected chi connectivity index (χ3v) is 5.67. The molecule has 1 aromatic heterocycles. The molecule has 4 rings (SSSR count). The van der Waals surface area contributed by atoms with E-state index in [1.54, 1.807) is 12.1 Å². The summed E-state index contributed by atoms with van der Waals surface area (Å²) in [6, 6.07) is 7.27. The molecule has 0 amide bonds. The number of benzene rings is 1. The van der Waals surface area contributed by atoms with Gasteiger partial charge in [-0.1, -0.05) is 18.2 Å². The van der Waals surface area contributed by atoms with Crippen LogP contribution in [0.5, 0.6) is 0 Å². The van der Waals surface area contributed by atoms with E-state index in [-0.39, 0.29) is 5.82 Å². The predicted molar refractivity (Wildman–Crippen MR) is 89.8 cm³/mol. The minimum absolute atomic E-state index is 0.294. The molecule has 2 bridgehead atoms. The average Bonchev–Trinajstić information content (AvgIpc) is 3.12. The van der Waals surface area contributed by atoms with Crippen LogP contribution in [0.2, 0.25) is 0 Å². The molecule has 0 unspecified atom stereocenters. The van der Waals surface area contributed by atoms with E-state index in [1.165, 1.54) is 11.6 Å². The van der Waals surface area contributed by atoms with Crippen molar-refractivity contribution in [3.8, 4) is 0 Å². The first-order valence-corrected chi connectivity index (χ1v) is 8.83. The molecule has 1 N–H and O–H groups in total. The van der Waals surface area contributed by atoms with Gasteiger partial charge >= 0.3 is 0 Å². The fourth-order valence-electron chi connectivity index (χ4n) is 4.50. The second kappa shape index (κ2) is 5.97. The van der Waals surface area contributed by atoms with Gasteiger partial charge in [-0.3, -0.25) is 9.58 Å². The average molecular weight is 329 g/mol. The molecular formula is C19H24FN3O. The van der Waals surface area contributed by atoms with Crippen molar-refractivity contribution < 1.29 is 9.50 Å². The first-order chi connectivity index (χ1) is 11.6. The van der Waals surface area contributed by atoms with Crippen LogP contribution < -0.4 is 0 Å². The van der Waals surface area contributed by atoms with Crippen molar-refractivity contribution in [3.05, 3.63) is 53.6 Å². The lowest BCUT2D eigenvalue weighted by Gasteiger charge is -2.44. The highest BCUT2D eigenvalue weighted by Gasteiger charge is 2.48. The van der Waals surface area contributed by atoms with Crippen LogP contribution >= 0.6 is 0 Å². The number of rotatable bonds is 4. The van der Waals surface area contributed by atoms with E-state index < -0.39 is 5.60 Å². The van der Waals surface area contributed by atoms with Crippen LogP contribution in [0.3, 0.4) is 0 Å². The number of aliphatic hydroxyl groups is 1. The zero-order valence-corrected chi connectivity index (χ0v) is 14.0. The minimum atomic E-state index is -1.04. The molecule has 0 spiro atoms. The molecule has 0 aliphatic carbocycles. The van der Waals surface area contributed by atoms with Crippen molar-refractivity contribution in [2.24, 2.45) is 0 Å². The van der Waals surface area contributed by atoms with E-state index in [2.05, 4.69) is 23.1 Å². The number of hydrogen-bond donors (Lipinski definition) is 1. The molecule has 2 atom stereocenters. The van der Waals surface area contributed by atoms with Crippen LogP contribution in [0.4, 0.5) is 4.39 Å². The lowest BCUT2D eigenvalue weighted by atomic mass is 9.80. The summed E-state index contributed by atoms with van der Waals surface area (Å²) in [5, 5.41) is 15.5. The van der Waals surface area contributed by atoms with Gasteiger partial charge in [0.25, 0.3) is 0 Å². The lowest BCUT2D eigenvalue weighted by Crippen LogP contribution is -2.49. The highest BCUT2D eigenvalue weighted by atomic mass is 19.1. The van der Waals surface area contributed by atoms with Crippen molar-refractivity contribution in [1.82, 2.24) is 14.7 Å². The van der Waals surface area contributed by atoms with E-state index in [1.807, 2.05) is 16.9 Å². The van der Waals surface area contributed by atoms with Crippen LogP contribution in [0, 0.1) is 5.82 Å². The van der Waals surface area contributed by atoms with Crippen molar-refractivity contribution in [1.29, 1.82) is 0 Å². The number of halogens is 1. The molecule has 2 saturated heterocycles. The minimum Gasteiger partial charge on any atom is -0.385 e. The van der Waals surface area contributed by atoms with Crippen molar-refractivity contribution in [3.63, 3.8) is 0 Å². The van der Waals surface area contributed by atoms with Gasteiger partial charge in [0.05, 0.1) is 11.8 Å². The maximum absolute atomic E-state index is 14.2. The number of fused-ring (bicyclic) bond motifs is 2. The van der Waals surface area contributed by atoms with Gasteiger partial charge in [-0.25, -0.2) is 4.39 Å². The number of aryl methyl sites for hydroxylation is 1. The van der Waals surface area contributed by atoms with Gasteiger partial charge in [0.15, 0.2) is 0 Å². The monoisotopic (exact) mass is 329 g/mol. The van der Waals surface area contributed by atoms with E-state index in [0.29, 0.717) is 30.5 Å². The molecule has 3 heterocycles. The van der Waals surface area contributed by atoms with Crippen molar-refractivity contribution >= 4 is 0 Å². The molecule has 2 aliphatic rings. The maximum atomic E-state index is 14.2. The number of aromatic nitrogens is 2. The van der Waals surface area contributed by atoms with Gasteiger partial charge in [-0.05, 0) is 38.7 Å². The Bertz CT molecular complexity index is 715. The summed E-state index contributed by atoms with van der Waals surface area (Å²) in [5.41, 5.74) is 0.631. The third-order valence-electron chi connectivity index (χ3n) is 5.67. The Hall–Kier alpha value is -1.72. The summed E-state index contributed by atoms with van der Waals surface area (Å²) in [4.78, 5) is 2.48. The first-order valence-electron chi connectivity index (χ1n) is 8.83. The molecule has 0 saturated carbocycles. The molecule has 1 aromatic carbocycles. The highest BCUT2D eigenvalue weighted by molar-refractivity contribution is 5.27. The molecule has 2 fully saturated rings. The van der Waals surface area contributed by atoms with Gasteiger partial charge in [0.1, 0.15) is 5.82 Å². The SMILES string of the molecule is CCn1cc(CN2[C@H]3CC[C@H]2CC(O)(c2ccccc2F)C3)cn1. The smallest absolute Gasteiger partial charge is 0.129 e. The standard InChI is InChI=1S/C19H24FN3O/c1-2-22-12-14(11-21-22)13-23-15-7-8-16(23)10-19(24,9-15)17-5-3-4-6-18(17)20/h3-6,11-12,15-16,24H,2,7-10,13H2,1H3/t15-,16-/m0/s1. The summed E-state index contributed by atoms with van der Waals surface area (Å²) >= 11 is 0. The summed E-state index contributed by atoms with van der Waals surface area (Å²) in [6.07, 6.45) is 7.38. The van der Waals surface area contributed by atoms with Gasteiger partial charge < -0.3 is 5.11 Å². The molecule has 0 radical (unpaired) electrons. The largest absolute Gasteiger partial charge is 0.385 e. The van der Waals surface area contributed by atoms with E-state index in [0.717, 1.165) is 25.9 Å². The quantitative estimate of drug-likeness (QED) is 0.937. The highest BCUT2D eigenvalue weighted by Crippen LogP contribution is 2.46. The van der Waals surface area contributed by atoms with Gasteiger partial charge in [0.2, 0.25) is 0 Å². The topological polar surface area (TPSA) is 41.3 Å². The zero-order chi connectivity index (χ0) is 16.7. The predicted octanol–water partition coefficient (Wildman–Crippen LogP) is 3.06. The molecule has 128 valence electrons. The molecule has 24 heavy (non-hydrogen) atoms. The molecule has 2 aliphatic heterocycles. The van der Waals surface area contributed by atoms with E-state index >= 15 is 0 Å².